The Bertz CT molecular complexity index is 496. The van der Waals surface area contributed by atoms with Crippen molar-refractivity contribution in [3.8, 4) is 0 Å². The zero-order valence-corrected chi connectivity index (χ0v) is 14.3. The number of benzene rings is 1. The van der Waals surface area contributed by atoms with Crippen molar-refractivity contribution in [2.24, 2.45) is 11.8 Å². The van der Waals surface area contributed by atoms with Gasteiger partial charge in [-0.1, -0.05) is 46.6 Å². The number of carbonyl (C=O) groups is 1. The summed E-state index contributed by atoms with van der Waals surface area (Å²) in [6.07, 6.45) is 2.53. The maximum atomic E-state index is 12.3. The van der Waals surface area contributed by atoms with E-state index in [-0.39, 0.29) is 16.8 Å². The molecule has 1 N–H and O–H groups in total. The number of amides is 1. The smallest absolute Gasteiger partial charge is 0.234 e. The first-order valence-corrected chi connectivity index (χ1v) is 8.33. The lowest BCUT2D eigenvalue weighted by Gasteiger charge is -2.22. The van der Waals surface area contributed by atoms with Crippen molar-refractivity contribution in [2.75, 3.05) is 0 Å². The molecule has 1 amide bonds. The molecule has 2 nitrogen and oxygen atoms in total. The van der Waals surface area contributed by atoms with Gasteiger partial charge >= 0.3 is 0 Å². The van der Waals surface area contributed by atoms with Gasteiger partial charge in [-0.3, -0.25) is 4.79 Å². The lowest BCUT2D eigenvalue weighted by atomic mass is 9.98. The third kappa shape index (κ3) is 3.63. The van der Waals surface area contributed by atoms with Crippen LogP contribution in [-0.4, -0.2) is 10.7 Å². The maximum absolute atomic E-state index is 12.3. The summed E-state index contributed by atoms with van der Waals surface area (Å²) in [7, 11) is 0. The molecule has 0 radical (unpaired) electrons. The minimum atomic E-state index is -0.0804. The number of rotatable bonds is 5. The predicted octanol–water partition coefficient (Wildman–Crippen LogP) is 4.29. The lowest BCUT2D eigenvalue weighted by Crippen LogP contribution is -2.37. The number of carbonyl (C=O) groups excluding carboxylic acids is 1. The van der Waals surface area contributed by atoms with E-state index in [9.17, 15) is 4.79 Å². The number of alkyl halides is 1. The van der Waals surface area contributed by atoms with E-state index in [1.165, 1.54) is 29.5 Å². The maximum Gasteiger partial charge on any atom is 0.234 e. The quantitative estimate of drug-likeness (QED) is 0.798. The van der Waals surface area contributed by atoms with Crippen molar-refractivity contribution in [3.05, 3.63) is 34.9 Å². The van der Waals surface area contributed by atoms with E-state index in [1.807, 2.05) is 0 Å². The predicted molar refractivity (Wildman–Crippen MR) is 87.1 cm³/mol. The Hall–Kier alpha value is -0.830. The normalized spacial score (nSPS) is 19.2. The number of halogens is 1. The first-order chi connectivity index (χ1) is 9.40. The van der Waals surface area contributed by atoms with Gasteiger partial charge in [-0.25, -0.2) is 0 Å². The van der Waals surface area contributed by atoms with Gasteiger partial charge < -0.3 is 5.32 Å². The van der Waals surface area contributed by atoms with Crippen LogP contribution in [0.3, 0.4) is 0 Å². The molecule has 0 aromatic heterocycles. The molecule has 1 aromatic rings. The van der Waals surface area contributed by atoms with Crippen LogP contribution in [0.25, 0.3) is 0 Å². The molecule has 1 fully saturated rings. The van der Waals surface area contributed by atoms with Gasteiger partial charge in [0.15, 0.2) is 0 Å². The zero-order valence-electron chi connectivity index (χ0n) is 12.7. The summed E-state index contributed by atoms with van der Waals surface area (Å²) in [5.74, 6) is 1.25. The fourth-order valence-electron chi connectivity index (χ4n) is 2.78. The molecule has 2 rings (SSSR count). The Morgan fingerprint density at radius 3 is 2.50 bits per heavy atom. The van der Waals surface area contributed by atoms with E-state index < -0.39 is 0 Å². The Kier molecular flexibility index (Phi) is 4.90. The third-order valence-electron chi connectivity index (χ3n) is 4.33. The molecule has 110 valence electrons. The summed E-state index contributed by atoms with van der Waals surface area (Å²) in [6, 6.07) is 6.43. The SMILES string of the molecule is Cc1ccc(C(C)NC(=O)C(Br)C(C)C2CC2)c(C)c1. The molecule has 0 aliphatic heterocycles. The highest BCUT2D eigenvalue weighted by molar-refractivity contribution is 9.10. The number of aryl methyl sites for hydroxylation is 2. The van der Waals surface area contributed by atoms with Crippen LogP contribution < -0.4 is 5.32 Å². The lowest BCUT2D eigenvalue weighted by molar-refractivity contribution is -0.121. The van der Waals surface area contributed by atoms with Crippen LogP contribution in [0.2, 0.25) is 0 Å². The summed E-state index contributed by atoms with van der Waals surface area (Å²) < 4.78 is 0. The van der Waals surface area contributed by atoms with Crippen molar-refractivity contribution >= 4 is 21.8 Å². The first-order valence-electron chi connectivity index (χ1n) is 7.41. The molecule has 1 saturated carbocycles. The highest BCUT2D eigenvalue weighted by Crippen LogP contribution is 2.40. The van der Waals surface area contributed by atoms with E-state index in [2.05, 4.69) is 67.1 Å². The van der Waals surface area contributed by atoms with Gasteiger partial charge in [0.2, 0.25) is 5.91 Å². The number of nitrogens with one attached hydrogen (secondary N) is 1. The van der Waals surface area contributed by atoms with Gasteiger partial charge in [0.25, 0.3) is 0 Å². The number of hydrogen-bond acceptors (Lipinski definition) is 1. The topological polar surface area (TPSA) is 29.1 Å². The average molecular weight is 338 g/mol. The van der Waals surface area contributed by atoms with E-state index in [0.29, 0.717) is 5.92 Å². The van der Waals surface area contributed by atoms with E-state index in [1.54, 1.807) is 0 Å². The van der Waals surface area contributed by atoms with Gasteiger partial charge in [-0.2, -0.15) is 0 Å². The van der Waals surface area contributed by atoms with Gasteiger partial charge in [-0.15, -0.1) is 0 Å². The fourth-order valence-corrected chi connectivity index (χ4v) is 3.35. The van der Waals surface area contributed by atoms with Crippen LogP contribution in [0.4, 0.5) is 0 Å². The van der Waals surface area contributed by atoms with Crippen molar-refractivity contribution in [1.82, 2.24) is 5.32 Å². The Labute approximate surface area is 130 Å². The van der Waals surface area contributed by atoms with E-state index in [0.717, 1.165) is 5.92 Å². The Balaban J connectivity index is 1.99. The van der Waals surface area contributed by atoms with Gasteiger partial charge in [0.1, 0.15) is 0 Å². The summed E-state index contributed by atoms with van der Waals surface area (Å²) in [4.78, 5) is 12.2. The molecule has 3 atom stereocenters. The zero-order chi connectivity index (χ0) is 14.9. The molecule has 20 heavy (non-hydrogen) atoms. The van der Waals surface area contributed by atoms with Crippen LogP contribution >= 0.6 is 15.9 Å². The van der Waals surface area contributed by atoms with Crippen LogP contribution in [0.1, 0.15) is 49.4 Å². The first kappa shape index (κ1) is 15.6. The Morgan fingerprint density at radius 1 is 1.30 bits per heavy atom. The largest absolute Gasteiger partial charge is 0.349 e. The van der Waals surface area contributed by atoms with Crippen LogP contribution in [0, 0.1) is 25.7 Å². The van der Waals surface area contributed by atoms with Gasteiger partial charge in [0, 0.05) is 0 Å². The second-order valence-corrected chi connectivity index (χ2v) is 7.18. The van der Waals surface area contributed by atoms with Crippen molar-refractivity contribution in [1.29, 1.82) is 0 Å². The summed E-state index contributed by atoms with van der Waals surface area (Å²) in [5.41, 5.74) is 3.69. The van der Waals surface area contributed by atoms with Crippen LogP contribution in [-0.2, 0) is 4.79 Å². The highest BCUT2D eigenvalue weighted by Gasteiger charge is 2.35. The molecule has 1 aliphatic carbocycles. The summed E-state index contributed by atoms with van der Waals surface area (Å²) in [5, 5.41) is 3.13. The van der Waals surface area contributed by atoms with Gasteiger partial charge in [-0.05, 0) is 56.6 Å². The number of hydrogen-bond donors (Lipinski definition) is 1. The van der Waals surface area contributed by atoms with Crippen molar-refractivity contribution in [2.45, 2.75) is 51.4 Å². The molecule has 0 heterocycles. The standard InChI is InChI=1S/C17H24BrNO/c1-10-5-8-15(11(2)9-10)13(4)19-17(20)16(18)12(3)14-6-7-14/h5,8-9,12-14,16H,6-7H2,1-4H3,(H,19,20). The second kappa shape index (κ2) is 6.30. The monoisotopic (exact) mass is 337 g/mol. The van der Waals surface area contributed by atoms with E-state index in [4.69, 9.17) is 0 Å². The van der Waals surface area contributed by atoms with E-state index >= 15 is 0 Å². The van der Waals surface area contributed by atoms with Crippen LogP contribution in [0.15, 0.2) is 18.2 Å². The molecule has 0 bridgehead atoms. The molecule has 0 saturated heterocycles. The molecule has 3 heteroatoms. The molecule has 0 spiro atoms. The molecule has 3 unspecified atom stereocenters. The van der Waals surface area contributed by atoms with Crippen LogP contribution in [0.5, 0.6) is 0 Å². The summed E-state index contributed by atoms with van der Waals surface area (Å²) >= 11 is 3.57. The molecular formula is C17H24BrNO. The molecule has 1 aromatic carbocycles. The highest BCUT2D eigenvalue weighted by atomic mass is 79.9. The Morgan fingerprint density at radius 2 is 1.95 bits per heavy atom. The van der Waals surface area contributed by atoms with Gasteiger partial charge in [0.05, 0.1) is 10.9 Å². The van der Waals surface area contributed by atoms with Crippen molar-refractivity contribution < 1.29 is 4.79 Å². The third-order valence-corrected chi connectivity index (χ3v) is 5.58. The average Bonchev–Trinajstić information content (AvgIpc) is 3.20. The molecule has 1 aliphatic rings. The second-order valence-electron chi connectivity index (χ2n) is 6.19. The fraction of sp³-hybridized carbons (Fsp3) is 0.588. The van der Waals surface area contributed by atoms with Crippen molar-refractivity contribution in [3.63, 3.8) is 0 Å². The minimum absolute atomic E-state index is 0.0505. The minimum Gasteiger partial charge on any atom is -0.349 e. The summed E-state index contributed by atoms with van der Waals surface area (Å²) in [6.45, 7) is 8.41. The molecular weight excluding hydrogens is 314 g/mol.